The molecule has 0 aromatic heterocycles. The minimum atomic E-state index is -0.997. The maximum absolute atomic E-state index is 10.9. The summed E-state index contributed by atoms with van der Waals surface area (Å²) in [5.74, 6) is -0.995. The first kappa shape index (κ1) is 10.4. The van der Waals surface area contributed by atoms with Gasteiger partial charge in [0.15, 0.2) is 11.5 Å². The number of aromatic carboxylic acids is 1. The van der Waals surface area contributed by atoms with Gasteiger partial charge >= 0.3 is 11.7 Å². The van der Waals surface area contributed by atoms with Crippen LogP contribution < -0.4 is 9.47 Å². The molecule has 0 amide bonds. The van der Waals surface area contributed by atoms with Crippen molar-refractivity contribution in [3.63, 3.8) is 0 Å². The lowest BCUT2D eigenvalue weighted by molar-refractivity contribution is 0.0691. The Balaban J connectivity index is 2.56. The van der Waals surface area contributed by atoms with E-state index < -0.39 is 11.7 Å². The number of carbonyl (C=O) groups is 1. The molecule has 0 radical (unpaired) electrons. The molecule has 80 valence electrons. The Kier molecular flexibility index (Phi) is 2.67. The van der Waals surface area contributed by atoms with Crippen LogP contribution in [-0.4, -0.2) is 23.1 Å². The van der Waals surface area contributed by atoms with Crippen LogP contribution in [0.3, 0.4) is 0 Å². The molecule has 0 spiro atoms. The quantitative estimate of drug-likeness (QED) is 0.642. The van der Waals surface area contributed by atoms with E-state index in [1.807, 2.05) is 0 Å². The number of carboxylic acid groups (broad SMARTS) is 1. The highest BCUT2D eigenvalue weighted by Crippen LogP contribution is 2.44. The molecule has 2 rings (SSSR count). The molecule has 0 bridgehead atoms. The fourth-order valence-electron chi connectivity index (χ4n) is 1.34. The van der Waals surface area contributed by atoms with Gasteiger partial charge < -0.3 is 14.6 Å². The van der Waals surface area contributed by atoms with Crippen LogP contribution >= 0.6 is 23.4 Å². The number of halogens is 1. The van der Waals surface area contributed by atoms with Gasteiger partial charge in [0.05, 0.1) is 10.5 Å². The van der Waals surface area contributed by atoms with E-state index >= 15 is 0 Å². The molecular formula is C9H7ClO4S. The van der Waals surface area contributed by atoms with E-state index in [0.717, 1.165) is 0 Å². The number of carboxylic acids is 1. The molecule has 1 atom stereocenters. The van der Waals surface area contributed by atoms with Gasteiger partial charge in [0.1, 0.15) is 0 Å². The number of hydrogen-bond donors (Lipinski definition) is 1. The van der Waals surface area contributed by atoms with E-state index in [-0.39, 0.29) is 5.56 Å². The fourth-order valence-corrected chi connectivity index (χ4v) is 2.23. The monoisotopic (exact) mass is 246 g/mol. The van der Waals surface area contributed by atoms with Crippen molar-refractivity contribution in [3.8, 4) is 11.5 Å². The number of hydrogen-bond acceptors (Lipinski definition) is 4. The number of rotatable bonds is 2. The molecule has 0 aliphatic carbocycles. The number of thioether (sulfide) groups is 1. The van der Waals surface area contributed by atoms with Crippen molar-refractivity contribution in [2.75, 3.05) is 6.26 Å². The largest absolute Gasteiger partial charge is 0.478 e. The number of ether oxygens (including phenoxy) is 2. The van der Waals surface area contributed by atoms with Crippen LogP contribution in [0.1, 0.15) is 10.4 Å². The predicted octanol–water partition coefficient (Wildman–Crippen LogP) is 2.40. The Bertz CT molecular complexity index is 421. The van der Waals surface area contributed by atoms with Crippen LogP contribution in [0.2, 0.25) is 0 Å². The molecular weight excluding hydrogens is 240 g/mol. The molecule has 1 unspecified atom stereocenters. The zero-order valence-corrected chi connectivity index (χ0v) is 9.26. The third-order valence-electron chi connectivity index (χ3n) is 1.94. The SMILES string of the molecule is CSc1c(C(=O)O)ccc2c1OC(Cl)O2. The third kappa shape index (κ3) is 1.72. The van der Waals surface area contributed by atoms with E-state index in [1.165, 1.54) is 17.8 Å². The molecule has 6 heteroatoms. The molecule has 1 aliphatic heterocycles. The maximum atomic E-state index is 10.9. The highest BCUT2D eigenvalue weighted by Gasteiger charge is 2.28. The van der Waals surface area contributed by atoms with Crippen LogP contribution in [0.5, 0.6) is 11.5 Å². The number of fused-ring (bicyclic) bond motifs is 1. The Hall–Kier alpha value is -1.07. The van der Waals surface area contributed by atoms with Gasteiger partial charge in [-0.2, -0.15) is 0 Å². The van der Waals surface area contributed by atoms with Crippen LogP contribution in [-0.2, 0) is 0 Å². The second-order valence-corrected chi connectivity index (χ2v) is 3.96. The maximum Gasteiger partial charge on any atom is 0.336 e. The highest BCUT2D eigenvalue weighted by molar-refractivity contribution is 7.98. The number of benzene rings is 1. The Morgan fingerprint density at radius 2 is 2.27 bits per heavy atom. The molecule has 1 heterocycles. The van der Waals surface area contributed by atoms with Crippen molar-refractivity contribution in [2.45, 2.75) is 10.6 Å². The Labute approximate surface area is 95.1 Å². The molecule has 1 aromatic carbocycles. The summed E-state index contributed by atoms with van der Waals surface area (Å²) < 4.78 is 10.3. The average molecular weight is 247 g/mol. The molecule has 4 nitrogen and oxygen atoms in total. The lowest BCUT2D eigenvalue weighted by Gasteiger charge is -2.06. The van der Waals surface area contributed by atoms with Crippen molar-refractivity contribution < 1.29 is 19.4 Å². The van der Waals surface area contributed by atoms with Gasteiger partial charge in [-0.1, -0.05) is 0 Å². The molecule has 0 saturated carbocycles. The molecule has 0 saturated heterocycles. The van der Waals surface area contributed by atoms with E-state index in [4.69, 9.17) is 26.2 Å². The summed E-state index contributed by atoms with van der Waals surface area (Å²) in [4.78, 5) is 11.5. The van der Waals surface area contributed by atoms with E-state index in [1.54, 1.807) is 12.3 Å². The van der Waals surface area contributed by atoms with Crippen LogP contribution in [0, 0.1) is 0 Å². The topological polar surface area (TPSA) is 55.8 Å². The summed E-state index contributed by atoms with van der Waals surface area (Å²) in [7, 11) is 0. The van der Waals surface area contributed by atoms with Gasteiger partial charge in [-0.25, -0.2) is 4.79 Å². The van der Waals surface area contributed by atoms with Gasteiger partial charge in [-0.05, 0) is 30.0 Å². The van der Waals surface area contributed by atoms with E-state index in [9.17, 15) is 4.79 Å². The van der Waals surface area contributed by atoms with Gasteiger partial charge in [-0.3, -0.25) is 0 Å². The summed E-state index contributed by atoms with van der Waals surface area (Å²) in [5.41, 5.74) is 0.190. The normalized spacial score (nSPS) is 17.9. The standard InChI is InChI=1S/C9H7ClO4S/c1-15-7-4(8(11)12)2-3-5-6(7)14-9(10)13-5/h2-3,9H,1H3,(H,11,12). The van der Waals surface area contributed by atoms with E-state index in [0.29, 0.717) is 16.4 Å². The lowest BCUT2D eigenvalue weighted by Crippen LogP contribution is -2.08. The fraction of sp³-hybridized carbons (Fsp3) is 0.222. The van der Waals surface area contributed by atoms with Crippen molar-refractivity contribution in [2.24, 2.45) is 0 Å². The summed E-state index contributed by atoms with van der Waals surface area (Å²) >= 11 is 6.92. The second kappa shape index (κ2) is 3.83. The van der Waals surface area contributed by atoms with Crippen LogP contribution in [0.25, 0.3) is 0 Å². The van der Waals surface area contributed by atoms with Gasteiger partial charge in [-0.15, -0.1) is 11.8 Å². The van der Waals surface area contributed by atoms with Crippen molar-refractivity contribution in [3.05, 3.63) is 17.7 Å². The van der Waals surface area contributed by atoms with Gasteiger partial charge in [0, 0.05) is 0 Å². The third-order valence-corrected chi connectivity index (χ3v) is 2.93. The van der Waals surface area contributed by atoms with Crippen molar-refractivity contribution >= 4 is 29.3 Å². The zero-order valence-electron chi connectivity index (χ0n) is 7.69. The zero-order chi connectivity index (χ0) is 11.0. The molecule has 1 aliphatic rings. The first-order valence-corrected chi connectivity index (χ1v) is 5.71. The minimum Gasteiger partial charge on any atom is -0.478 e. The lowest BCUT2D eigenvalue weighted by atomic mass is 10.2. The summed E-state index contributed by atoms with van der Waals surface area (Å²) in [6.45, 7) is 0. The predicted molar refractivity (Wildman–Crippen MR) is 56.1 cm³/mol. The van der Waals surface area contributed by atoms with E-state index in [2.05, 4.69) is 0 Å². The van der Waals surface area contributed by atoms with Crippen molar-refractivity contribution in [1.82, 2.24) is 0 Å². The minimum absolute atomic E-state index is 0.190. The first-order valence-electron chi connectivity index (χ1n) is 4.05. The molecule has 1 N–H and O–H groups in total. The molecule has 15 heavy (non-hydrogen) atoms. The van der Waals surface area contributed by atoms with Crippen molar-refractivity contribution in [1.29, 1.82) is 0 Å². The van der Waals surface area contributed by atoms with Crippen LogP contribution in [0.4, 0.5) is 0 Å². The first-order chi connectivity index (χ1) is 7.13. The van der Waals surface area contributed by atoms with Crippen LogP contribution in [0.15, 0.2) is 17.0 Å². The summed E-state index contributed by atoms with van der Waals surface area (Å²) in [6, 6.07) is 3.02. The summed E-state index contributed by atoms with van der Waals surface area (Å²) in [6.07, 6.45) is 1.77. The van der Waals surface area contributed by atoms with Gasteiger partial charge in [0.2, 0.25) is 0 Å². The van der Waals surface area contributed by atoms with Gasteiger partial charge in [0.25, 0.3) is 0 Å². The summed E-state index contributed by atoms with van der Waals surface area (Å²) in [5, 5.41) is 8.95. The Morgan fingerprint density at radius 3 is 2.87 bits per heavy atom. The average Bonchev–Trinajstić information content (AvgIpc) is 2.55. The smallest absolute Gasteiger partial charge is 0.336 e. The second-order valence-electron chi connectivity index (χ2n) is 2.79. The molecule has 1 aromatic rings. The molecule has 0 fully saturated rings. The Morgan fingerprint density at radius 1 is 1.53 bits per heavy atom. The highest BCUT2D eigenvalue weighted by atomic mass is 35.5. The number of alkyl halides is 1.